The molecule has 0 bridgehead atoms. The molecule has 4 heteroatoms. The van der Waals surface area contributed by atoms with Crippen molar-refractivity contribution in [3.05, 3.63) is 0 Å². The fourth-order valence-electron chi connectivity index (χ4n) is 0.334. The van der Waals surface area contributed by atoms with E-state index in [9.17, 15) is 17.6 Å². The van der Waals surface area contributed by atoms with Crippen molar-refractivity contribution in [2.45, 2.75) is 25.4 Å². The fraction of sp³-hybridized carbons (Fsp3) is 1.00. The predicted molar refractivity (Wildman–Crippen MR) is 26.1 cm³/mol. The Kier molecular flexibility index (Phi) is 2.94. The van der Waals surface area contributed by atoms with E-state index in [-0.39, 0.29) is 0 Å². The van der Waals surface area contributed by atoms with Crippen LogP contribution in [0.4, 0.5) is 17.6 Å². The molecule has 0 radical (unpaired) electrons. The van der Waals surface area contributed by atoms with Gasteiger partial charge in [0, 0.05) is 6.42 Å². The lowest BCUT2D eigenvalue weighted by Gasteiger charge is -2.15. The van der Waals surface area contributed by atoms with Crippen LogP contribution in [0, 0.1) is 0 Å². The van der Waals surface area contributed by atoms with Gasteiger partial charge in [-0.3, -0.25) is 0 Å². The quantitative estimate of drug-likeness (QED) is 0.533. The molecule has 56 valence electrons. The molecule has 0 aromatic carbocycles. The minimum atomic E-state index is -3.49. The summed E-state index contributed by atoms with van der Waals surface area (Å²) in [6, 6.07) is 0. The topological polar surface area (TPSA) is 0 Å². The first-order chi connectivity index (χ1) is 4.04. The molecular weight excluding hydrogens is 136 g/mol. The van der Waals surface area contributed by atoms with E-state index < -0.39 is 25.2 Å². The summed E-state index contributed by atoms with van der Waals surface area (Å²) in [6.45, 7) is -0.497. The Morgan fingerprint density at radius 2 is 1.89 bits per heavy atom. The third kappa shape index (κ3) is 2.20. The van der Waals surface area contributed by atoms with Crippen LogP contribution in [0.1, 0.15) is 13.3 Å². The molecule has 0 aliphatic rings. The highest BCUT2D eigenvalue weighted by atomic mass is 19.3. The van der Waals surface area contributed by atoms with Crippen molar-refractivity contribution in [3.63, 3.8) is 0 Å². The molecule has 0 aliphatic carbocycles. The first-order valence-electron chi connectivity index (χ1n) is 2.62. The number of halogens is 4. The molecule has 0 aromatic heterocycles. The van der Waals surface area contributed by atoms with Gasteiger partial charge >= 0.3 is 0 Å². The summed E-state index contributed by atoms with van der Waals surface area (Å²) in [5, 5.41) is 0. The summed E-state index contributed by atoms with van der Waals surface area (Å²) in [4.78, 5) is 0. The normalized spacial score (nSPS) is 15.7. The van der Waals surface area contributed by atoms with Crippen LogP contribution in [0.2, 0.25) is 0 Å². The number of hydrogen-bond acceptors (Lipinski definition) is 0. The zero-order valence-corrected chi connectivity index (χ0v) is 5.00. The van der Waals surface area contributed by atoms with Crippen LogP contribution in [0.15, 0.2) is 0 Å². The van der Waals surface area contributed by atoms with E-state index in [1.165, 1.54) is 0 Å². The second-order valence-electron chi connectivity index (χ2n) is 1.74. The van der Waals surface area contributed by atoms with Crippen LogP contribution >= 0.6 is 0 Å². The maximum Gasteiger partial charge on any atom is 0.281 e. The molecule has 1 atom stereocenters. The molecule has 0 amide bonds. The van der Waals surface area contributed by atoms with E-state index >= 15 is 0 Å². The van der Waals surface area contributed by atoms with Gasteiger partial charge in [-0.15, -0.1) is 0 Å². The van der Waals surface area contributed by atoms with Gasteiger partial charge in [0.2, 0.25) is 0 Å². The van der Waals surface area contributed by atoms with Crippen molar-refractivity contribution in [2.75, 3.05) is 6.67 Å². The molecular formula is C5H8F4. The highest BCUT2D eigenvalue weighted by molar-refractivity contribution is 4.73. The smallest absolute Gasteiger partial charge is 0.248 e. The van der Waals surface area contributed by atoms with Crippen molar-refractivity contribution >= 4 is 0 Å². The van der Waals surface area contributed by atoms with Crippen LogP contribution in [0.3, 0.4) is 0 Å². The van der Waals surface area contributed by atoms with E-state index in [2.05, 4.69) is 0 Å². The van der Waals surface area contributed by atoms with Gasteiger partial charge in [-0.2, -0.15) is 0 Å². The van der Waals surface area contributed by atoms with Crippen LogP contribution in [-0.4, -0.2) is 18.8 Å². The summed E-state index contributed by atoms with van der Waals surface area (Å²) in [7, 11) is 0. The van der Waals surface area contributed by atoms with E-state index in [1.807, 2.05) is 0 Å². The molecule has 0 unspecified atom stereocenters. The summed E-state index contributed by atoms with van der Waals surface area (Å²) in [5.41, 5.74) is 0. The second kappa shape index (κ2) is 3.03. The Bertz CT molecular complexity index is 81.0. The van der Waals surface area contributed by atoms with Crippen LogP contribution in [0.25, 0.3) is 0 Å². The molecule has 0 fully saturated rings. The van der Waals surface area contributed by atoms with Gasteiger partial charge in [-0.1, -0.05) is 6.92 Å². The summed E-state index contributed by atoms with van der Waals surface area (Å²) >= 11 is 0. The van der Waals surface area contributed by atoms with E-state index in [0.29, 0.717) is 0 Å². The zero-order valence-electron chi connectivity index (χ0n) is 5.00. The average molecular weight is 144 g/mol. The highest BCUT2D eigenvalue weighted by Crippen LogP contribution is 2.25. The molecule has 9 heavy (non-hydrogen) atoms. The Balaban J connectivity index is 3.80. The van der Waals surface area contributed by atoms with Crippen molar-refractivity contribution in [3.8, 4) is 0 Å². The maximum absolute atomic E-state index is 11.9. The minimum absolute atomic E-state index is 0.655. The minimum Gasteiger partial charge on any atom is -0.248 e. The molecule has 0 nitrogen and oxygen atoms in total. The lowest BCUT2D eigenvalue weighted by Crippen LogP contribution is -2.30. The summed E-state index contributed by atoms with van der Waals surface area (Å²) in [6.07, 6.45) is -3.29. The van der Waals surface area contributed by atoms with Gasteiger partial charge < -0.3 is 0 Å². The van der Waals surface area contributed by atoms with Crippen LogP contribution in [0.5, 0.6) is 0 Å². The van der Waals surface area contributed by atoms with Crippen molar-refractivity contribution in [1.82, 2.24) is 0 Å². The molecule has 0 heterocycles. The maximum atomic E-state index is 11.9. The Labute approximate surface area is 50.9 Å². The number of alkyl halides is 4. The summed E-state index contributed by atoms with van der Waals surface area (Å²) in [5.74, 6) is -3.49. The van der Waals surface area contributed by atoms with Crippen LogP contribution < -0.4 is 0 Å². The fourth-order valence-corrected chi connectivity index (χ4v) is 0.334. The molecule has 0 aliphatic heterocycles. The van der Waals surface area contributed by atoms with Gasteiger partial charge in [0.15, 0.2) is 6.17 Å². The van der Waals surface area contributed by atoms with Crippen molar-refractivity contribution < 1.29 is 17.6 Å². The Hall–Kier alpha value is -0.280. The largest absolute Gasteiger partial charge is 0.281 e. The third-order valence-corrected chi connectivity index (χ3v) is 1.07. The number of hydrogen-bond donors (Lipinski definition) is 0. The molecule has 0 saturated carbocycles. The lowest BCUT2D eigenvalue weighted by molar-refractivity contribution is -0.0814. The van der Waals surface area contributed by atoms with Crippen molar-refractivity contribution in [2.24, 2.45) is 0 Å². The highest BCUT2D eigenvalue weighted by Gasteiger charge is 2.37. The first kappa shape index (κ1) is 8.72. The monoisotopic (exact) mass is 144 g/mol. The third-order valence-electron chi connectivity index (χ3n) is 1.07. The standard InChI is InChI=1S/C5H8F4/c1-2-5(8,9)4(7)3-6/h4H,2-3H2,1H3/t4-/m0/s1. The number of rotatable bonds is 3. The summed E-state index contributed by atoms with van der Waals surface area (Å²) < 4.78 is 46.9. The van der Waals surface area contributed by atoms with Gasteiger partial charge in [0.05, 0.1) is 0 Å². The Morgan fingerprint density at radius 3 is 2.00 bits per heavy atom. The van der Waals surface area contributed by atoms with Crippen molar-refractivity contribution in [1.29, 1.82) is 0 Å². The van der Waals surface area contributed by atoms with Gasteiger partial charge in [0.25, 0.3) is 5.92 Å². The lowest BCUT2D eigenvalue weighted by atomic mass is 10.2. The average Bonchev–Trinajstić information content (AvgIpc) is 1.86. The van der Waals surface area contributed by atoms with Crippen LogP contribution in [-0.2, 0) is 0 Å². The molecule has 0 saturated heterocycles. The first-order valence-corrected chi connectivity index (χ1v) is 2.62. The molecule has 0 rings (SSSR count). The second-order valence-corrected chi connectivity index (χ2v) is 1.74. The molecule has 0 spiro atoms. The van der Waals surface area contributed by atoms with E-state index in [1.54, 1.807) is 0 Å². The van der Waals surface area contributed by atoms with Gasteiger partial charge in [0.1, 0.15) is 6.67 Å². The molecule has 0 aromatic rings. The van der Waals surface area contributed by atoms with Gasteiger partial charge in [-0.05, 0) is 0 Å². The Morgan fingerprint density at radius 1 is 1.44 bits per heavy atom. The molecule has 0 N–H and O–H groups in total. The predicted octanol–water partition coefficient (Wildman–Crippen LogP) is 2.34. The van der Waals surface area contributed by atoms with E-state index in [4.69, 9.17) is 0 Å². The SMILES string of the molecule is CCC(F)(F)[C@@H](F)CF. The van der Waals surface area contributed by atoms with E-state index in [0.717, 1.165) is 6.92 Å². The zero-order chi connectivity index (χ0) is 7.49. The van der Waals surface area contributed by atoms with Gasteiger partial charge in [-0.25, -0.2) is 17.6 Å².